The third-order valence-electron chi connectivity index (χ3n) is 6.78. The molecule has 4 fully saturated rings. The Morgan fingerprint density at radius 3 is 2.00 bits per heavy atom. The summed E-state index contributed by atoms with van der Waals surface area (Å²) in [5.74, 6) is 3.87. The van der Waals surface area contributed by atoms with Gasteiger partial charge in [0.15, 0.2) is 0 Å². The van der Waals surface area contributed by atoms with Crippen LogP contribution in [0.2, 0.25) is 0 Å². The molecule has 0 heterocycles. The van der Waals surface area contributed by atoms with E-state index in [-0.39, 0.29) is 0 Å². The molecule has 0 spiro atoms. The predicted octanol–water partition coefficient (Wildman–Crippen LogP) is 5.77. The van der Waals surface area contributed by atoms with Crippen molar-refractivity contribution in [2.24, 2.45) is 29.1 Å². The number of hydrogen-bond acceptors (Lipinski definition) is 2. The molecule has 0 aliphatic heterocycles. The van der Waals surface area contributed by atoms with Crippen molar-refractivity contribution >= 4 is 11.4 Å². The Morgan fingerprint density at radius 1 is 0.917 bits per heavy atom. The van der Waals surface area contributed by atoms with Crippen molar-refractivity contribution in [1.82, 2.24) is 0 Å². The van der Waals surface area contributed by atoms with Gasteiger partial charge in [0.2, 0.25) is 0 Å². The molecule has 4 aliphatic rings. The van der Waals surface area contributed by atoms with Crippen LogP contribution in [0.15, 0.2) is 24.3 Å². The fourth-order valence-corrected chi connectivity index (χ4v) is 6.08. The fourth-order valence-electron chi connectivity index (χ4n) is 6.08. The van der Waals surface area contributed by atoms with E-state index in [0.717, 1.165) is 30.2 Å². The zero-order valence-corrected chi connectivity index (χ0v) is 15.5. The Kier molecular flexibility index (Phi) is 4.49. The number of anilines is 2. The van der Waals surface area contributed by atoms with E-state index in [1.54, 1.807) is 0 Å². The topological polar surface area (TPSA) is 24.1 Å². The second-order valence-corrected chi connectivity index (χ2v) is 9.43. The van der Waals surface area contributed by atoms with Crippen LogP contribution in [0.3, 0.4) is 0 Å². The molecule has 0 atom stereocenters. The van der Waals surface area contributed by atoms with Crippen LogP contribution in [-0.2, 0) is 0 Å². The van der Waals surface area contributed by atoms with Gasteiger partial charge in [-0.15, -0.1) is 0 Å². The first kappa shape index (κ1) is 16.3. The molecule has 4 bridgehead atoms. The molecule has 0 unspecified atom stereocenters. The molecule has 2 heteroatoms. The molecule has 24 heavy (non-hydrogen) atoms. The van der Waals surface area contributed by atoms with E-state index in [1.165, 1.54) is 62.9 Å². The Hall–Kier alpha value is -1.18. The lowest BCUT2D eigenvalue weighted by Gasteiger charge is -2.57. The maximum atomic E-state index is 3.85. The van der Waals surface area contributed by atoms with Crippen LogP contribution < -0.4 is 10.6 Å². The Bertz CT molecular complexity index is 528. The summed E-state index contributed by atoms with van der Waals surface area (Å²) in [6, 6.07) is 8.78. The Labute approximate surface area is 147 Å². The van der Waals surface area contributed by atoms with Crippen molar-refractivity contribution in [2.75, 3.05) is 23.7 Å². The van der Waals surface area contributed by atoms with E-state index in [1.807, 2.05) is 0 Å². The highest BCUT2D eigenvalue weighted by molar-refractivity contribution is 5.68. The first-order valence-corrected chi connectivity index (χ1v) is 10.2. The zero-order valence-electron chi connectivity index (χ0n) is 15.5. The summed E-state index contributed by atoms with van der Waals surface area (Å²) < 4.78 is 0. The molecular formula is C22H34N2. The summed E-state index contributed by atoms with van der Waals surface area (Å²) in [5, 5.41) is 7.49. The van der Waals surface area contributed by atoms with Gasteiger partial charge in [0.1, 0.15) is 0 Å². The highest BCUT2D eigenvalue weighted by atomic mass is 15.0. The normalized spacial score (nSPS) is 33.9. The monoisotopic (exact) mass is 326 g/mol. The van der Waals surface area contributed by atoms with Gasteiger partial charge in [-0.25, -0.2) is 0 Å². The smallest absolute Gasteiger partial charge is 0.0576 e. The molecule has 1 aromatic rings. The molecule has 2 nitrogen and oxygen atoms in total. The van der Waals surface area contributed by atoms with Crippen molar-refractivity contribution in [3.63, 3.8) is 0 Å². The van der Waals surface area contributed by atoms with Gasteiger partial charge in [-0.1, -0.05) is 26.0 Å². The Balaban J connectivity index is 1.39. The van der Waals surface area contributed by atoms with Crippen LogP contribution in [0.4, 0.5) is 11.4 Å². The molecule has 4 saturated carbocycles. The highest BCUT2D eigenvalue weighted by Crippen LogP contribution is 2.59. The highest BCUT2D eigenvalue weighted by Gasteiger charge is 2.50. The van der Waals surface area contributed by atoms with Crippen LogP contribution >= 0.6 is 0 Å². The average molecular weight is 327 g/mol. The quantitative estimate of drug-likeness (QED) is 0.664. The van der Waals surface area contributed by atoms with Gasteiger partial charge in [0.25, 0.3) is 0 Å². The van der Waals surface area contributed by atoms with E-state index >= 15 is 0 Å². The summed E-state index contributed by atoms with van der Waals surface area (Å²) >= 11 is 0. The first-order chi connectivity index (χ1) is 11.6. The van der Waals surface area contributed by atoms with E-state index in [9.17, 15) is 0 Å². The largest absolute Gasteiger partial charge is 0.383 e. The van der Waals surface area contributed by atoms with Crippen molar-refractivity contribution < 1.29 is 0 Å². The molecule has 5 rings (SSSR count). The van der Waals surface area contributed by atoms with E-state index in [0.29, 0.717) is 5.41 Å². The summed E-state index contributed by atoms with van der Waals surface area (Å²) in [7, 11) is 0. The van der Waals surface area contributed by atoms with Crippen LogP contribution in [0, 0.1) is 29.1 Å². The van der Waals surface area contributed by atoms with Crippen LogP contribution in [0.1, 0.15) is 58.8 Å². The van der Waals surface area contributed by atoms with Crippen molar-refractivity contribution in [2.45, 2.75) is 58.8 Å². The molecule has 4 aliphatic carbocycles. The first-order valence-electron chi connectivity index (χ1n) is 10.2. The molecule has 2 N–H and O–H groups in total. The SMILES string of the molecule is CC(C)CCNc1ccccc1NCC12CC3CC(CC(C3)C1)C2. The van der Waals surface area contributed by atoms with Gasteiger partial charge < -0.3 is 10.6 Å². The summed E-state index contributed by atoms with van der Waals surface area (Å²) in [6.07, 6.45) is 10.3. The number of benzene rings is 1. The lowest BCUT2D eigenvalue weighted by atomic mass is 9.49. The summed E-state index contributed by atoms with van der Waals surface area (Å²) in [4.78, 5) is 0. The molecule has 1 aromatic carbocycles. The second kappa shape index (κ2) is 6.61. The minimum Gasteiger partial charge on any atom is -0.383 e. The molecular weight excluding hydrogens is 292 g/mol. The van der Waals surface area contributed by atoms with Crippen LogP contribution in [0.5, 0.6) is 0 Å². The van der Waals surface area contributed by atoms with E-state index < -0.39 is 0 Å². The van der Waals surface area contributed by atoms with Gasteiger partial charge in [0, 0.05) is 13.1 Å². The number of nitrogens with one attached hydrogen (secondary N) is 2. The van der Waals surface area contributed by atoms with Gasteiger partial charge >= 0.3 is 0 Å². The third kappa shape index (κ3) is 3.43. The minimum atomic E-state index is 0.597. The lowest BCUT2D eigenvalue weighted by molar-refractivity contribution is -0.0444. The van der Waals surface area contributed by atoms with Crippen LogP contribution in [0.25, 0.3) is 0 Å². The molecule has 0 amide bonds. The molecule has 0 saturated heterocycles. The molecule has 0 radical (unpaired) electrons. The van der Waals surface area contributed by atoms with Gasteiger partial charge in [-0.3, -0.25) is 0 Å². The number of para-hydroxylation sites is 2. The molecule has 132 valence electrons. The minimum absolute atomic E-state index is 0.597. The molecule has 0 aromatic heterocycles. The maximum Gasteiger partial charge on any atom is 0.0576 e. The third-order valence-corrected chi connectivity index (χ3v) is 6.78. The van der Waals surface area contributed by atoms with Crippen LogP contribution in [-0.4, -0.2) is 13.1 Å². The predicted molar refractivity (Wildman–Crippen MR) is 103 cm³/mol. The number of rotatable bonds is 7. The van der Waals surface area contributed by atoms with E-state index in [2.05, 4.69) is 48.7 Å². The average Bonchev–Trinajstić information content (AvgIpc) is 2.52. The van der Waals surface area contributed by atoms with Gasteiger partial charge in [-0.2, -0.15) is 0 Å². The summed E-state index contributed by atoms with van der Waals surface area (Å²) in [5.41, 5.74) is 3.18. The second-order valence-electron chi connectivity index (χ2n) is 9.43. The van der Waals surface area contributed by atoms with Crippen molar-refractivity contribution in [1.29, 1.82) is 0 Å². The maximum absolute atomic E-state index is 3.85. The van der Waals surface area contributed by atoms with Crippen molar-refractivity contribution in [3.8, 4) is 0 Å². The fraction of sp³-hybridized carbons (Fsp3) is 0.727. The Morgan fingerprint density at radius 2 is 1.46 bits per heavy atom. The summed E-state index contributed by atoms with van der Waals surface area (Å²) in [6.45, 7) is 6.82. The van der Waals surface area contributed by atoms with Gasteiger partial charge in [0.05, 0.1) is 11.4 Å². The standard InChI is InChI=1S/C22H34N2/c1-16(2)7-8-23-20-5-3-4-6-21(20)24-15-22-12-17-9-18(13-22)11-19(10-17)14-22/h3-6,16-19,23-24H,7-15H2,1-2H3. The number of hydrogen-bond donors (Lipinski definition) is 2. The zero-order chi connectivity index (χ0) is 16.6. The van der Waals surface area contributed by atoms with Crippen molar-refractivity contribution in [3.05, 3.63) is 24.3 Å². The lowest BCUT2D eigenvalue weighted by Crippen LogP contribution is -2.49. The van der Waals surface area contributed by atoms with Gasteiger partial charge in [-0.05, 0) is 86.2 Å². The van der Waals surface area contributed by atoms with E-state index in [4.69, 9.17) is 0 Å².